The Labute approximate surface area is 120 Å². The van der Waals surface area contributed by atoms with Gasteiger partial charge in [0.05, 0.1) is 19.3 Å². The SMILES string of the molecule is COCCN(CCOC)C(CN)c1cc(C)ccc1F. The number of methoxy groups -OCH3 is 2. The van der Waals surface area contributed by atoms with Crippen molar-refractivity contribution in [3.8, 4) is 0 Å². The maximum Gasteiger partial charge on any atom is 0.128 e. The standard InChI is InChI=1S/C15H25FN2O2/c1-12-4-5-14(16)13(10-12)15(11-17)18(6-8-19-2)7-9-20-3/h4-5,10,15H,6-9,11,17H2,1-3H3. The molecule has 4 nitrogen and oxygen atoms in total. The van der Waals surface area contributed by atoms with E-state index in [1.807, 2.05) is 13.0 Å². The number of benzene rings is 1. The van der Waals surface area contributed by atoms with Gasteiger partial charge in [-0.3, -0.25) is 4.90 Å². The second-order valence-electron chi connectivity index (χ2n) is 4.80. The van der Waals surface area contributed by atoms with Crippen molar-refractivity contribution in [2.45, 2.75) is 13.0 Å². The van der Waals surface area contributed by atoms with E-state index in [4.69, 9.17) is 15.2 Å². The number of rotatable bonds is 9. The zero-order valence-electron chi connectivity index (χ0n) is 12.6. The van der Waals surface area contributed by atoms with E-state index in [0.717, 1.165) is 5.56 Å². The Balaban J connectivity index is 2.94. The summed E-state index contributed by atoms with van der Waals surface area (Å²) in [5.41, 5.74) is 7.54. The smallest absolute Gasteiger partial charge is 0.128 e. The Morgan fingerprint density at radius 2 is 1.80 bits per heavy atom. The molecule has 20 heavy (non-hydrogen) atoms. The van der Waals surface area contributed by atoms with Crippen molar-refractivity contribution in [1.82, 2.24) is 4.90 Å². The van der Waals surface area contributed by atoms with E-state index in [1.165, 1.54) is 6.07 Å². The molecular weight excluding hydrogens is 259 g/mol. The molecule has 0 radical (unpaired) electrons. The van der Waals surface area contributed by atoms with Crippen LogP contribution in [0.3, 0.4) is 0 Å². The summed E-state index contributed by atoms with van der Waals surface area (Å²) < 4.78 is 24.3. The molecule has 5 heteroatoms. The van der Waals surface area contributed by atoms with Crippen LogP contribution in [0.4, 0.5) is 4.39 Å². The maximum absolute atomic E-state index is 14.1. The summed E-state index contributed by atoms with van der Waals surface area (Å²) in [7, 11) is 3.30. The monoisotopic (exact) mass is 284 g/mol. The first kappa shape index (κ1) is 17.0. The number of nitrogens with zero attached hydrogens (tertiary/aromatic N) is 1. The minimum atomic E-state index is -0.217. The summed E-state index contributed by atoms with van der Waals surface area (Å²) in [5, 5.41) is 0. The molecule has 0 aliphatic rings. The zero-order chi connectivity index (χ0) is 15.0. The van der Waals surface area contributed by atoms with Crippen LogP contribution in [-0.2, 0) is 9.47 Å². The van der Waals surface area contributed by atoms with E-state index >= 15 is 0 Å². The second kappa shape index (κ2) is 9.02. The quantitative estimate of drug-likeness (QED) is 0.750. The zero-order valence-corrected chi connectivity index (χ0v) is 12.6. The van der Waals surface area contributed by atoms with Crippen molar-refractivity contribution in [2.75, 3.05) is 47.1 Å². The highest BCUT2D eigenvalue weighted by Crippen LogP contribution is 2.23. The van der Waals surface area contributed by atoms with E-state index in [1.54, 1.807) is 20.3 Å². The van der Waals surface area contributed by atoms with Crippen LogP contribution in [0, 0.1) is 12.7 Å². The van der Waals surface area contributed by atoms with Gasteiger partial charge in [0.15, 0.2) is 0 Å². The molecule has 2 N–H and O–H groups in total. The third-order valence-corrected chi connectivity index (χ3v) is 3.34. The first-order chi connectivity index (χ1) is 9.63. The predicted octanol–water partition coefficient (Wildman–Crippen LogP) is 1.73. The third kappa shape index (κ3) is 4.83. The summed E-state index contributed by atoms with van der Waals surface area (Å²) in [5.74, 6) is -0.217. The Morgan fingerprint density at radius 1 is 1.20 bits per heavy atom. The molecule has 1 aromatic carbocycles. The highest BCUT2D eigenvalue weighted by molar-refractivity contribution is 5.27. The average molecular weight is 284 g/mol. The summed E-state index contributed by atoms with van der Waals surface area (Å²) in [6.45, 7) is 4.84. The Morgan fingerprint density at radius 3 is 2.30 bits per heavy atom. The summed E-state index contributed by atoms with van der Waals surface area (Å²) in [6, 6.07) is 4.96. The molecule has 1 atom stereocenters. The highest BCUT2D eigenvalue weighted by Gasteiger charge is 2.21. The van der Waals surface area contributed by atoms with Gasteiger partial charge >= 0.3 is 0 Å². The number of aryl methyl sites for hydroxylation is 1. The third-order valence-electron chi connectivity index (χ3n) is 3.34. The van der Waals surface area contributed by atoms with Gasteiger partial charge in [-0.25, -0.2) is 4.39 Å². The lowest BCUT2D eigenvalue weighted by atomic mass is 10.0. The second-order valence-corrected chi connectivity index (χ2v) is 4.80. The molecule has 0 amide bonds. The van der Waals surface area contributed by atoms with Crippen molar-refractivity contribution in [3.63, 3.8) is 0 Å². The first-order valence-electron chi connectivity index (χ1n) is 6.82. The first-order valence-corrected chi connectivity index (χ1v) is 6.82. The van der Waals surface area contributed by atoms with Gasteiger partial charge < -0.3 is 15.2 Å². The fourth-order valence-corrected chi connectivity index (χ4v) is 2.23. The van der Waals surface area contributed by atoms with Crippen molar-refractivity contribution in [3.05, 3.63) is 35.1 Å². The van der Waals surface area contributed by atoms with E-state index in [-0.39, 0.29) is 11.9 Å². The molecule has 0 aromatic heterocycles. The van der Waals surface area contributed by atoms with Crippen molar-refractivity contribution < 1.29 is 13.9 Å². The summed E-state index contributed by atoms with van der Waals surface area (Å²) in [4.78, 5) is 2.10. The van der Waals surface area contributed by atoms with Crippen LogP contribution < -0.4 is 5.73 Å². The van der Waals surface area contributed by atoms with E-state index < -0.39 is 0 Å². The highest BCUT2D eigenvalue weighted by atomic mass is 19.1. The Bertz CT molecular complexity index is 393. The molecule has 0 aliphatic carbocycles. The van der Waals surface area contributed by atoms with E-state index in [0.29, 0.717) is 38.4 Å². The molecule has 1 unspecified atom stereocenters. The predicted molar refractivity (Wildman–Crippen MR) is 78.3 cm³/mol. The molecule has 0 fully saturated rings. The average Bonchev–Trinajstić information content (AvgIpc) is 2.45. The largest absolute Gasteiger partial charge is 0.383 e. The van der Waals surface area contributed by atoms with Crippen LogP contribution in [0.5, 0.6) is 0 Å². The molecule has 1 aromatic rings. The molecular formula is C15H25FN2O2. The van der Waals surface area contributed by atoms with Crippen molar-refractivity contribution >= 4 is 0 Å². The molecule has 0 aliphatic heterocycles. The van der Waals surface area contributed by atoms with Gasteiger partial charge in [-0.05, 0) is 13.0 Å². The van der Waals surface area contributed by atoms with Gasteiger partial charge in [0.1, 0.15) is 5.82 Å². The van der Waals surface area contributed by atoms with Crippen molar-refractivity contribution in [1.29, 1.82) is 0 Å². The molecule has 0 spiro atoms. The molecule has 1 rings (SSSR count). The van der Waals surface area contributed by atoms with E-state index in [2.05, 4.69) is 4.90 Å². The summed E-state index contributed by atoms with van der Waals surface area (Å²) >= 11 is 0. The summed E-state index contributed by atoms with van der Waals surface area (Å²) in [6.07, 6.45) is 0. The lowest BCUT2D eigenvalue weighted by molar-refractivity contribution is 0.0880. The molecule has 0 bridgehead atoms. The number of ether oxygens (including phenoxy) is 2. The van der Waals surface area contributed by atoms with E-state index in [9.17, 15) is 4.39 Å². The number of halogens is 1. The molecule has 0 heterocycles. The van der Waals surface area contributed by atoms with Crippen LogP contribution in [0.2, 0.25) is 0 Å². The normalized spacial score (nSPS) is 12.9. The lowest BCUT2D eigenvalue weighted by Gasteiger charge is -2.31. The molecule has 0 saturated carbocycles. The number of hydrogen-bond donors (Lipinski definition) is 1. The van der Waals surface area contributed by atoms with Crippen LogP contribution >= 0.6 is 0 Å². The molecule has 0 saturated heterocycles. The van der Waals surface area contributed by atoms with Crippen LogP contribution in [0.1, 0.15) is 17.2 Å². The Hall–Kier alpha value is -1.01. The van der Waals surface area contributed by atoms with Gasteiger partial charge in [-0.1, -0.05) is 17.7 Å². The molecule has 114 valence electrons. The maximum atomic E-state index is 14.1. The minimum Gasteiger partial charge on any atom is -0.383 e. The van der Waals surface area contributed by atoms with Crippen LogP contribution in [0.25, 0.3) is 0 Å². The van der Waals surface area contributed by atoms with Gasteiger partial charge in [-0.15, -0.1) is 0 Å². The van der Waals surface area contributed by atoms with Crippen LogP contribution in [0.15, 0.2) is 18.2 Å². The van der Waals surface area contributed by atoms with Gasteiger partial charge in [-0.2, -0.15) is 0 Å². The number of hydrogen-bond acceptors (Lipinski definition) is 4. The topological polar surface area (TPSA) is 47.7 Å². The van der Waals surface area contributed by atoms with Gasteiger partial charge in [0.25, 0.3) is 0 Å². The van der Waals surface area contributed by atoms with Gasteiger partial charge in [0, 0.05) is 39.4 Å². The fraction of sp³-hybridized carbons (Fsp3) is 0.600. The number of nitrogens with two attached hydrogens (primary N) is 1. The Kier molecular flexibility index (Phi) is 7.69. The minimum absolute atomic E-state index is 0.166. The van der Waals surface area contributed by atoms with Crippen molar-refractivity contribution in [2.24, 2.45) is 5.73 Å². The fourth-order valence-electron chi connectivity index (χ4n) is 2.23. The van der Waals surface area contributed by atoms with Gasteiger partial charge in [0.2, 0.25) is 0 Å². The van der Waals surface area contributed by atoms with Crippen LogP contribution in [-0.4, -0.2) is 52.0 Å². The lowest BCUT2D eigenvalue weighted by Crippen LogP contribution is -2.38.